The molecule has 26 heavy (non-hydrogen) atoms. The number of benzene rings is 1. The normalized spacial score (nSPS) is 17.2. The number of sulfonamides is 1. The van der Waals surface area contributed by atoms with Crippen LogP contribution in [-0.4, -0.2) is 67.9 Å². The van der Waals surface area contributed by atoms with E-state index in [0.717, 1.165) is 6.26 Å². The van der Waals surface area contributed by atoms with Crippen molar-refractivity contribution in [1.29, 1.82) is 0 Å². The van der Waals surface area contributed by atoms with Crippen LogP contribution in [0.5, 0.6) is 0 Å². The standard InChI is InChI=1S/C17H24FN3O4S/c1-12(2)15(19-16(22)13-6-4-5-7-14(13)18)17(23)20-8-10-21(11-9-20)26(3,24)25/h4-7,12,15H,8-11H2,1-3H3,(H,19,22)/t15-/m1/s1. The number of carbonyl (C=O) groups is 2. The van der Waals surface area contributed by atoms with Crippen LogP contribution in [0, 0.1) is 11.7 Å². The van der Waals surface area contributed by atoms with Gasteiger partial charge in [0.05, 0.1) is 11.8 Å². The lowest BCUT2D eigenvalue weighted by molar-refractivity contribution is -0.135. The van der Waals surface area contributed by atoms with Crippen LogP contribution in [0.1, 0.15) is 24.2 Å². The second-order valence-electron chi connectivity index (χ2n) is 6.66. The van der Waals surface area contributed by atoms with Gasteiger partial charge in [0.15, 0.2) is 0 Å². The van der Waals surface area contributed by atoms with Crippen LogP contribution < -0.4 is 5.32 Å². The maximum atomic E-state index is 13.8. The number of nitrogens with one attached hydrogen (secondary N) is 1. The summed E-state index contributed by atoms with van der Waals surface area (Å²) in [6.45, 7) is 4.52. The number of carbonyl (C=O) groups excluding carboxylic acids is 2. The van der Waals surface area contributed by atoms with E-state index >= 15 is 0 Å². The third kappa shape index (κ3) is 4.79. The number of rotatable bonds is 5. The Bertz CT molecular complexity index is 774. The van der Waals surface area contributed by atoms with Crippen molar-refractivity contribution < 1.29 is 22.4 Å². The molecule has 0 aromatic heterocycles. The highest BCUT2D eigenvalue weighted by molar-refractivity contribution is 7.88. The van der Waals surface area contributed by atoms with Crippen molar-refractivity contribution in [3.05, 3.63) is 35.6 Å². The first-order valence-corrected chi connectivity index (χ1v) is 10.3. The van der Waals surface area contributed by atoms with Crippen LogP contribution >= 0.6 is 0 Å². The molecule has 0 saturated carbocycles. The largest absolute Gasteiger partial charge is 0.340 e. The van der Waals surface area contributed by atoms with E-state index in [1.165, 1.54) is 27.4 Å². The first kappa shape index (κ1) is 20.3. The zero-order chi connectivity index (χ0) is 19.5. The predicted octanol–water partition coefficient (Wildman–Crippen LogP) is 0.684. The Labute approximate surface area is 153 Å². The Balaban J connectivity index is 2.07. The van der Waals surface area contributed by atoms with Gasteiger partial charge in [-0.3, -0.25) is 9.59 Å². The van der Waals surface area contributed by atoms with E-state index in [4.69, 9.17) is 0 Å². The number of hydrogen-bond acceptors (Lipinski definition) is 4. The number of nitrogens with zero attached hydrogens (tertiary/aromatic N) is 2. The third-order valence-corrected chi connectivity index (χ3v) is 5.66. The molecule has 1 aliphatic rings. The fourth-order valence-electron chi connectivity index (χ4n) is 2.81. The molecule has 144 valence electrons. The second-order valence-corrected chi connectivity index (χ2v) is 8.64. The molecule has 2 rings (SSSR count). The Hall–Kier alpha value is -2.00. The van der Waals surface area contributed by atoms with Gasteiger partial charge in [0, 0.05) is 26.2 Å². The number of halogens is 1. The summed E-state index contributed by atoms with van der Waals surface area (Å²) in [5, 5.41) is 2.61. The van der Waals surface area contributed by atoms with Crippen molar-refractivity contribution >= 4 is 21.8 Å². The van der Waals surface area contributed by atoms with Gasteiger partial charge in [-0.2, -0.15) is 4.31 Å². The zero-order valence-corrected chi connectivity index (χ0v) is 15.9. The summed E-state index contributed by atoms with van der Waals surface area (Å²) in [6.07, 6.45) is 1.13. The molecule has 1 atom stereocenters. The number of hydrogen-bond donors (Lipinski definition) is 1. The van der Waals surface area contributed by atoms with E-state index < -0.39 is 27.8 Å². The monoisotopic (exact) mass is 385 g/mol. The van der Waals surface area contributed by atoms with Gasteiger partial charge >= 0.3 is 0 Å². The zero-order valence-electron chi connectivity index (χ0n) is 15.1. The molecule has 1 aromatic rings. The van der Waals surface area contributed by atoms with E-state index in [1.54, 1.807) is 19.9 Å². The topological polar surface area (TPSA) is 86.8 Å². The number of piperazine rings is 1. The average Bonchev–Trinajstić information content (AvgIpc) is 2.58. The molecule has 1 heterocycles. The minimum atomic E-state index is -3.29. The van der Waals surface area contributed by atoms with Crippen LogP contribution in [-0.2, 0) is 14.8 Å². The average molecular weight is 385 g/mol. The summed E-state index contributed by atoms with van der Waals surface area (Å²) in [5.41, 5.74) is -0.118. The van der Waals surface area contributed by atoms with Gasteiger partial charge in [-0.1, -0.05) is 26.0 Å². The predicted molar refractivity (Wildman–Crippen MR) is 95.5 cm³/mol. The van der Waals surface area contributed by atoms with Crippen molar-refractivity contribution in [3.63, 3.8) is 0 Å². The van der Waals surface area contributed by atoms with Crippen molar-refractivity contribution in [2.75, 3.05) is 32.4 Å². The molecule has 2 amide bonds. The Kier molecular flexibility index (Phi) is 6.35. The third-order valence-electron chi connectivity index (χ3n) is 4.36. The summed E-state index contributed by atoms with van der Waals surface area (Å²) >= 11 is 0. The molecule has 0 radical (unpaired) electrons. The van der Waals surface area contributed by atoms with E-state index in [-0.39, 0.29) is 43.6 Å². The SMILES string of the molecule is CC(C)[C@@H](NC(=O)c1ccccc1F)C(=O)N1CCN(S(C)(=O)=O)CC1. The maximum absolute atomic E-state index is 13.8. The molecule has 7 nitrogen and oxygen atoms in total. The molecule has 0 aliphatic carbocycles. The fourth-order valence-corrected chi connectivity index (χ4v) is 3.64. The molecule has 0 bridgehead atoms. The Morgan fingerprint density at radius 1 is 1.12 bits per heavy atom. The fraction of sp³-hybridized carbons (Fsp3) is 0.529. The highest BCUT2D eigenvalue weighted by Gasteiger charge is 2.32. The van der Waals surface area contributed by atoms with Crippen LogP contribution in [0.25, 0.3) is 0 Å². The summed E-state index contributed by atoms with van der Waals surface area (Å²) in [5.74, 6) is -1.80. The first-order valence-electron chi connectivity index (χ1n) is 8.40. The molecular formula is C17H24FN3O4S. The first-order chi connectivity index (χ1) is 12.1. The highest BCUT2D eigenvalue weighted by Crippen LogP contribution is 2.13. The van der Waals surface area contributed by atoms with Crippen molar-refractivity contribution in [1.82, 2.24) is 14.5 Å². The van der Waals surface area contributed by atoms with Gasteiger partial charge in [-0.25, -0.2) is 12.8 Å². The van der Waals surface area contributed by atoms with Crippen molar-refractivity contribution in [2.45, 2.75) is 19.9 Å². The molecule has 1 N–H and O–H groups in total. The van der Waals surface area contributed by atoms with Gasteiger partial charge in [0.25, 0.3) is 5.91 Å². The lowest BCUT2D eigenvalue weighted by Crippen LogP contribution is -2.57. The van der Waals surface area contributed by atoms with Gasteiger partial charge in [0.1, 0.15) is 11.9 Å². The molecule has 1 saturated heterocycles. The van der Waals surface area contributed by atoms with E-state index in [1.807, 2.05) is 0 Å². The van der Waals surface area contributed by atoms with E-state index in [9.17, 15) is 22.4 Å². The lowest BCUT2D eigenvalue weighted by Gasteiger charge is -2.36. The highest BCUT2D eigenvalue weighted by atomic mass is 32.2. The minimum absolute atomic E-state index is 0.118. The van der Waals surface area contributed by atoms with Gasteiger partial charge in [0.2, 0.25) is 15.9 Å². The summed E-state index contributed by atoms with van der Waals surface area (Å²) in [4.78, 5) is 26.7. The molecule has 0 spiro atoms. The maximum Gasteiger partial charge on any atom is 0.254 e. The molecule has 9 heteroatoms. The second kappa shape index (κ2) is 8.13. The smallest absolute Gasteiger partial charge is 0.254 e. The molecule has 0 unspecified atom stereocenters. The van der Waals surface area contributed by atoms with Gasteiger partial charge in [-0.15, -0.1) is 0 Å². The summed E-state index contributed by atoms with van der Waals surface area (Å²) in [7, 11) is -3.29. The minimum Gasteiger partial charge on any atom is -0.340 e. The summed E-state index contributed by atoms with van der Waals surface area (Å²) < 4.78 is 38.2. The lowest BCUT2D eigenvalue weighted by atomic mass is 10.0. The van der Waals surface area contributed by atoms with Gasteiger partial charge in [-0.05, 0) is 18.1 Å². The molecule has 1 aromatic carbocycles. The molecule has 1 aliphatic heterocycles. The Morgan fingerprint density at radius 3 is 2.19 bits per heavy atom. The van der Waals surface area contributed by atoms with Crippen LogP contribution in [0.2, 0.25) is 0 Å². The summed E-state index contributed by atoms with van der Waals surface area (Å²) in [6, 6.07) is 4.77. The van der Waals surface area contributed by atoms with E-state index in [2.05, 4.69) is 5.32 Å². The van der Waals surface area contributed by atoms with Crippen LogP contribution in [0.3, 0.4) is 0 Å². The van der Waals surface area contributed by atoms with Crippen molar-refractivity contribution in [2.24, 2.45) is 5.92 Å². The molecule has 1 fully saturated rings. The van der Waals surface area contributed by atoms with Crippen LogP contribution in [0.15, 0.2) is 24.3 Å². The quantitative estimate of drug-likeness (QED) is 0.808. The number of amides is 2. The van der Waals surface area contributed by atoms with Crippen molar-refractivity contribution in [3.8, 4) is 0 Å². The van der Waals surface area contributed by atoms with Crippen LogP contribution in [0.4, 0.5) is 4.39 Å². The van der Waals surface area contributed by atoms with E-state index in [0.29, 0.717) is 0 Å². The van der Waals surface area contributed by atoms with Gasteiger partial charge < -0.3 is 10.2 Å². The Morgan fingerprint density at radius 2 is 1.69 bits per heavy atom. The molecular weight excluding hydrogens is 361 g/mol.